The van der Waals surface area contributed by atoms with E-state index < -0.39 is 0 Å². The second-order valence-electron chi connectivity index (χ2n) is 6.05. The van der Waals surface area contributed by atoms with Crippen molar-refractivity contribution in [3.63, 3.8) is 0 Å². The Morgan fingerprint density at radius 2 is 1.70 bits per heavy atom. The zero-order chi connectivity index (χ0) is 19.1. The van der Waals surface area contributed by atoms with Crippen LogP contribution in [0.4, 0.5) is 11.4 Å². The summed E-state index contributed by atoms with van der Waals surface area (Å²) in [5.74, 6) is -0.315. The molecule has 27 heavy (non-hydrogen) atoms. The Morgan fingerprint density at radius 3 is 2.41 bits per heavy atom. The van der Waals surface area contributed by atoms with Gasteiger partial charge in [0.05, 0.1) is 17.8 Å². The van der Waals surface area contributed by atoms with Gasteiger partial charge in [-0.2, -0.15) is 0 Å². The number of nitrogen functional groups attached to an aromatic ring is 1. The molecule has 1 heterocycles. The lowest BCUT2D eigenvalue weighted by molar-refractivity contribution is -0.120. The minimum Gasteiger partial charge on any atom is -0.397 e. The van der Waals surface area contributed by atoms with Crippen molar-refractivity contribution < 1.29 is 9.59 Å². The van der Waals surface area contributed by atoms with Crippen molar-refractivity contribution in [1.82, 2.24) is 10.3 Å². The van der Waals surface area contributed by atoms with Crippen LogP contribution >= 0.6 is 0 Å². The predicted octanol–water partition coefficient (Wildman–Crippen LogP) is 2.78. The molecule has 0 fully saturated rings. The molecule has 4 N–H and O–H groups in total. The zero-order valence-corrected chi connectivity index (χ0v) is 14.7. The van der Waals surface area contributed by atoms with Crippen LogP contribution in [0.15, 0.2) is 73.1 Å². The molecule has 0 aliphatic heterocycles. The summed E-state index contributed by atoms with van der Waals surface area (Å²) in [6, 6.07) is 17.8. The number of rotatable bonds is 6. The van der Waals surface area contributed by atoms with Crippen molar-refractivity contribution in [1.29, 1.82) is 0 Å². The van der Waals surface area contributed by atoms with Gasteiger partial charge in [0.2, 0.25) is 5.91 Å². The summed E-state index contributed by atoms with van der Waals surface area (Å²) in [6.07, 6.45) is 3.63. The number of anilines is 2. The summed E-state index contributed by atoms with van der Waals surface area (Å²) in [7, 11) is 0. The number of nitrogens with one attached hydrogen (secondary N) is 2. The Kier molecular flexibility index (Phi) is 5.79. The van der Waals surface area contributed by atoms with Crippen molar-refractivity contribution >= 4 is 23.2 Å². The molecule has 1 aromatic heterocycles. The predicted molar refractivity (Wildman–Crippen MR) is 105 cm³/mol. The van der Waals surface area contributed by atoms with Crippen LogP contribution in [-0.2, 0) is 17.8 Å². The van der Waals surface area contributed by atoms with Crippen LogP contribution in [-0.4, -0.2) is 16.8 Å². The van der Waals surface area contributed by atoms with Crippen LogP contribution < -0.4 is 16.4 Å². The quantitative estimate of drug-likeness (QED) is 0.589. The SMILES string of the molecule is Nc1ccccc1NC(=O)c1ccc(CNC(=O)Cc2cccnc2)cc1. The van der Waals surface area contributed by atoms with Crippen molar-refractivity contribution in [3.8, 4) is 0 Å². The number of hydrogen-bond acceptors (Lipinski definition) is 4. The molecule has 0 unspecified atom stereocenters. The van der Waals surface area contributed by atoms with Gasteiger partial charge in [0.1, 0.15) is 0 Å². The van der Waals surface area contributed by atoms with E-state index in [0.717, 1.165) is 11.1 Å². The lowest BCUT2D eigenvalue weighted by Crippen LogP contribution is -2.24. The van der Waals surface area contributed by atoms with Crippen LogP contribution in [0.2, 0.25) is 0 Å². The first-order valence-electron chi connectivity index (χ1n) is 8.52. The highest BCUT2D eigenvalue weighted by atomic mass is 16.2. The number of nitrogens with two attached hydrogens (primary N) is 1. The van der Waals surface area contributed by atoms with E-state index in [9.17, 15) is 9.59 Å². The molecular formula is C21H20N4O2. The second kappa shape index (κ2) is 8.62. The van der Waals surface area contributed by atoms with Gasteiger partial charge in [0, 0.05) is 24.5 Å². The Labute approximate surface area is 157 Å². The summed E-state index contributed by atoms with van der Waals surface area (Å²) < 4.78 is 0. The van der Waals surface area contributed by atoms with Crippen LogP contribution in [0.25, 0.3) is 0 Å². The van der Waals surface area contributed by atoms with E-state index in [1.807, 2.05) is 30.3 Å². The van der Waals surface area contributed by atoms with Gasteiger partial charge in [-0.25, -0.2) is 0 Å². The summed E-state index contributed by atoms with van der Waals surface area (Å²) in [4.78, 5) is 28.3. The number of carbonyl (C=O) groups excluding carboxylic acids is 2. The zero-order valence-electron chi connectivity index (χ0n) is 14.7. The fraction of sp³-hybridized carbons (Fsp3) is 0.0952. The van der Waals surface area contributed by atoms with E-state index >= 15 is 0 Å². The van der Waals surface area contributed by atoms with E-state index in [2.05, 4.69) is 15.6 Å². The number of carbonyl (C=O) groups is 2. The average molecular weight is 360 g/mol. The van der Waals surface area contributed by atoms with Crippen molar-refractivity contribution in [2.24, 2.45) is 0 Å². The van der Waals surface area contributed by atoms with Gasteiger partial charge in [0.15, 0.2) is 0 Å². The van der Waals surface area contributed by atoms with Gasteiger partial charge in [-0.1, -0.05) is 30.3 Å². The van der Waals surface area contributed by atoms with E-state index in [1.54, 1.807) is 42.7 Å². The van der Waals surface area contributed by atoms with Crippen molar-refractivity contribution in [2.75, 3.05) is 11.1 Å². The molecule has 2 aromatic carbocycles. The molecule has 136 valence electrons. The number of hydrogen-bond donors (Lipinski definition) is 3. The van der Waals surface area contributed by atoms with Crippen LogP contribution in [0.3, 0.4) is 0 Å². The van der Waals surface area contributed by atoms with Gasteiger partial charge in [-0.3, -0.25) is 14.6 Å². The average Bonchev–Trinajstić information content (AvgIpc) is 2.69. The van der Waals surface area contributed by atoms with Crippen LogP contribution in [0.1, 0.15) is 21.5 Å². The molecule has 0 bridgehead atoms. The largest absolute Gasteiger partial charge is 0.397 e. The van der Waals surface area contributed by atoms with E-state index in [0.29, 0.717) is 23.5 Å². The Bertz CT molecular complexity index is 924. The maximum Gasteiger partial charge on any atom is 0.255 e. The highest BCUT2D eigenvalue weighted by molar-refractivity contribution is 6.05. The number of pyridine rings is 1. The molecule has 0 saturated heterocycles. The number of amides is 2. The minimum absolute atomic E-state index is 0.0793. The molecule has 6 heteroatoms. The smallest absolute Gasteiger partial charge is 0.255 e. The van der Waals surface area contributed by atoms with Gasteiger partial charge in [-0.15, -0.1) is 0 Å². The third-order valence-electron chi connectivity index (χ3n) is 4.00. The van der Waals surface area contributed by atoms with E-state index in [4.69, 9.17) is 5.73 Å². The van der Waals surface area contributed by atoms with Gasteiger partial charge in [0.25, 0.3) is 5.91 Å². The van der Waals surface area contributed by atoms with Crippen molar-refractivity contribution in [2.45, 2.75) is 13.0 Å². The number of nitrogens with zero attached hydrogens (tertiary/aromatic N) is 1. The second-order valence-corrected chi connectivity index (χ2v) is 6.05. The Morgan fingerprint density at radius 1 is 0.926 bits per heavy atom. The summed E-state index contributed by atoms with van der Waals surface area (Å²) in [6.45, 7) is 0.395. The maximum atomic E-state index is 12.3. The Balaban J connectivity index is 1.53. The third kappa shape index (κ3) is 5.15. The highest BCUT2D eigenvalue weighted by Crippen LogP contribution is 2.18. The Hall–Kier alpha value is -3.67. The molecule has 0 aliphatic carbocycles. The summed E-state index contributed by atoms with van der Waals surface area (Å²) >= 11 is 0. The normalized spacial score (nSPS) is 10.2. The van der Waals surface area contributed by atoms with Crippen LogP contribution in [0, 0.1) is 0 Å². The fourth-order valence-electron chi connectivity index (χ4n) is 2.53. The first kappa shape index (κ1) is 18.1. The maximum absolute atomic E-state index is 12.3. The summed E-state index contributed by atoms with van der Waals surface area (Å²) in [5.41, 5.74) is 9.21. The molecule has 0 radical (unpaired) electrons. The first-order chi connectivity index (χ1) is 13.1. The monoisotopic (exact) mass is 360 g/mol. The number of para-hydroxylation sites is 2. The molecule has 3 rings (SSSR count). The summed E-state index contributed by atoms with van der Waals surface area (Å²) in [5, 5.41) is 5.64. The highest BCUT2D eigenvalue weighted by Gasteiger charge is 2.08. The molecule has 0 saturated carbocycles. The molecule has 0 aliphatic rings. The minimum atomic E-state index is -0.236. The van der Waals surface area contributed by atoms with E-state index in [-0.39, 0.29) is 18.2 Å². The molecule has 2 amide bonds. The molecule has 3 aromatic rings. The van der Waals surface area contributed by atoms with Crippen molar-refractivity contribution in [3.05, 3.63) is 89.7 Å². The molecule has 6 nitrogen and oxygen atoms in total. The molecule has 0 atom stereocenters. The van der Waals surface area contributed by atoms with Crippen LogP contribution in [0.5, 0.6) is 0 Å². The lowest BCUT2D eigenvalue weighted by Gasteiger charge is -2.09. The van der Waals surface area contributed by atoms with E-state index in [1.165, 1.54) is 0 Å². The fourth-order valence-corrected chi connectivity index (χ4v) is 2.53. The molecule has 0 spiro atoms. The van der Waals surface area contributed by atoms with Gasteiger partial charge < -0.3 is 16.4 Å². The molecular weight excluding hydrogens is 340 g/mol. The van der Waals surface area contributed by atoms with Gasteiger partial charge in [-0.05, 0) is 41.5 Å². The first-order valence-corrected chi connectivity index (χ1v) is 8.52. The number of aromatic nitrogens is 1. The number of benzene rings is 2. The standard InChI is InChI=1S/C21H20N4O2/c22-18-5-1-2-6-19(18)25-21(27)17-9-7-15(8-10-17)14-24-20(26)12-16-4-3-11-23-13-16/h1-11,13H,12,14,22H2,(H,24,26)(H,25,27). The topological polar surface area (TPSA) is 97.1 Å². The van der Waals surface area contributed by atoms with Gasteiger partial charge >= 0.3 is 0 Å². The third-order valence-corrected chi connectivity index (χ3v) is 4.00. The lowest BCUT2D eigenvalue weighted by atomic mass is 10.1.